The second kappa shape index (κ2) is 6.06. The van der Waals surface area contributed by atoms with E-state index < -0.39 is 0 Å². The first-order valence-corrected chi connectivity index (χ1v) is 5.80. The minimum Gasteiger partial charge on any atom is -0.340 e. The Morgan fingerprint density at radius 2 is 2.29 bits per heavy atom. The van der Waals surface area contributed by atoms with Gasteiger partial charge < -0.3 is 5.32 Å². The van der Waals surface area contributed by atoms with Gasteiger partial charge in [0.25, 0.3) is 0 Å². The molecule has 0 bridgehead atoms. The molecular weight excluding hydrogens is 234 g/mol. The lowest BCUT2D eigenvalue weighted by Crippen LogP contribution is -2.04. The molecule has 1 nitrogen and oxygen atoms in total. The van der Waals surface area contributed by atoms with E-state index >= 15 is 0 Å². The first kappa shape index (κ1) is 11.6. The summed E-state index contributed by atoms with van der Waals surface area (Å²) in [4.78, 5) is 0. The Kier molecular flexibility index (Phi) is 5.01. The SMILES string of the molecule is C=CCSC(=S)Nc1ccccc1Cl. The first-order valence-electron chi connectivity index (χ1n) is 4.03. The van der Waals surface area contributed by atoms with E-state index in [9.17, 15) is 0 Å². The fourth-order valence-electron chi connectivity index (χ4n) is 0.843. The Balaban J connectivity index is 2.56. The lowest BCUT2D eigenvalue weighted by Gasteiger charge is -2.07. The Morgan fingerprint density at radius 3 is 2.93 bits per heavy atom. The minimum atomic E-state index is 0.675. The average Bonchev–Trinajstić information content (AvgIpc) is 2.18. The highest BCUT2D eigenvalue weighted by molar-refractivity contribution is 8.23. The summed E-state index contributed by atoms with van der Waals surface area (Å²) >= 11 is 12.6. The number of halogens is 1. The van der Waals surface area contributed by atoms with Crippen LogP contribution < -0.4 is 5.32 Å². The van der Waals surface area contributed by atoms with Crippen molar-refractivity contribution in [3.63, 3.8) is 0 Å². The Bertz CT molecular complexity index is 339. The van der Waals surface area contributed by atoms with Gasteiger partial charge in [-0.25, -0.2) is 0 Å². The van der Waals surface area contributed by atoms with E-state index in [0.717, 1.165) is 11.4 Å². The van der Waals surface area contributed by atoms with Crippen LogP contribution in [0.4, 0.5) is 5.69 Å². The molecule has 0 radical (unpaired) electrons. The summed E-state index contributed by atoms with van der Waals surface area (Å²) in [5.41, 5.74) is 0.843. The van der Waals surface area contributed by atoms with Crippen molar-refractivity contribution in [1.82, 2.24) is 0 Å². The summed E-state index contributed by atoms with van der Waals surface area (Å²) in [6.07, 6.45) is 1.81. The highest BCUT2D eigenvalue weighted by Gasteiger charge is 2.00. The Hall–Kier alpha value is -0.510. The summed E-state index contributed by atoms with van der Waals surface area (Å²) in [6.45, 7) is 3.62. The van der Waals surface area contributed by atoms with Gasteiger partial charge in [0.2, 0.25) is 0 Å². The third-order valence-corrected chi connectivity index (χ3v) is 2.99. The number of anilines is 1. The molecule has 0 aliphatic carbocycles. The van der Waals surface area contributed by atoms with Crippen LogP contribution in [0.3, 0.4) is 0 Å². The summed E-state index contributed by atoms with van der Waals surface area (Å²) < 4.78 is 0.706. The largest absolute Gasteiger partial charge is 0.340 e. The molecule has 0 atom stereocenters. The fraction of sp³-hybridized carbons (Fsp3) is 0.100. The van der Waals surface area contributed by atoms with Gasteiger partial charge in [-0.1, -0.05) is 53.8 Å². The third-order valence-electron chi connectivity index (χ3n) is 1.44. The maximum Gasteiger partial charge on any atom is 0.138 e. The molecule has 1 N–H and O–H groups in total. The van der Waals surface area contributed by atoms with Crippen LogP contribution in [0.5, 0.6) is 0 Å². The van der Waals surface area contributed by atoms with Gasteiger partial charge in [0.15, 0.2) is 0 Å². The second-order valence-corrected chi connectivity index (χ2v) is 4.60. The van der Waals surface area contributed by atoms with Crippen LogP contribution in [0.2, 0.25) is 5.02 Å². The van der Waals surface area contributed by atoms with Gasteiger partial charge in [-0.2, -0.15) is 0 Å². The third kappa shape index (κ3) is 3.70. The van der Waals surface area contributed by atoms with Crippen LogP contribution in [0.25, 0.3) is 0 Å². The molecule has 0 unspecified atom stereocenters. The monoisotopic (exact) mass is 243 g/mol. The van der Waals surface area contributed by atoms with Gasteiger partial charge in [-0.05, 0) is 12.1 Å². The van der Waals surface area contributed by atoms with Gasteiger partial charge in [0, 0.05) is 5.75 Å². The van der Waals surface area contributed by atoms with Gasteiger partial charge in [-0.3, -0.25) is 0 Å². The molecule has 14 heavy (non-hydrogen) atoms. The van der Waals surface area contributed by atoms with Crippen LogP contribution in [-0.2, 0) is 0 Å². The second-order valence-electron chi connectivity index (χ2n) is 2.49. The van der Waals surface area contributed by atoms with E-state index in [1.807, 2.05) is 30.3 Å². The molecule has 0 heterocycles. The molecule has 0 aliphatic heterocycles. The lowest BCUT2D eigenvalue weighted by atomic mass is 10.3. The standard InChI is InChI=1S/C10H10ClNS2/c1-2-7-14-10(13)12-9-6-4-3-5-8(9)11/h2-6H,1,7H2,(H,12,13). The molecule has 1 aromatic rings. The molecule has 0 saturated heterocycles. The normalized spacial score (nSPS) is 9.50. The van der Waals surface area contributed by atoms with Crippen LogP contribution in [0, 0.1) is 0 Å². The van der Waals surface area contributed by atoms with Crippen molar-refractivity contribution in [2.45, 2.75) is 0 Å². The van der Waals surface area contributed by atoms with Crippen molar-refractivity contribution in [2.75, 3.05) is 11.1 Å². The molecule has 1 rings (SSSR count). The fourth-order valence-corrected chi connectivity index (χ4v) is 1.79. The van der Waals surface area contributed by atoms with Gasteiger partial charge >= 0.3 is 0 Å². The van der Waals surface area contributed by atoms with Crippen LogP contribution in [0.1, 0.15) is 0 Å². The number of benzene rings is 1. The molecule has 0 fully saturated rings. The van der Waals surface area contributed by atoms with Gasteiger partial charge in [0.05, 0.1) is 10.7 Å². The number of para-hydroxylation sites is 1. The van der Waals surface area contributed by atoms with Crippen molar-refractivity contribution in [3.8, 4) is 0 Å². The number of thiocarbonyl (C=S) groups is 1. The highest BCUT2D eigenvalue weighted by Crippen LogP contribution is 2.21. The van der Waals surface area contributed by atoms with E-state index in [0.29, 0.717) is 9.34 Å². The van der Waals surface area contributed by atoms with Gasteiger partial charge in [0.1, 0.15) is 4.32 Å². The van der Waals surface area contributed by atoms with Crippen LogP contribution in [-0.4, -0.2) is 10.1 Å². The predicted molar refractivity (Wildman–Crippen MR) is 70.3 cm³/mol. The molecule has 0 saturated carbocycles. The van der Waals surface area contributed by atoms with Crippen LogP contribution in [0.15, 0.2) is 36.9 Å². The summed E-state index contributed by atoms with van der Waals surface area (Å²) in [6, 6.07) is 7.51. The molecule has 1 aromatic carbocycles. The molecule has 0 aliphatic rings. The Labute approximate surface area is 98.5 Å². The number of rotatable bonds is 3. The molecule has 4 heteroatoms. The Morgan fingerprint density at radius 1 is 1.57 bits per heavy atom. The zero-order chi connectivity index (χ0) is 10.4. The van der Waals surface area contributed by atoms with Crippen molar-refractivity contribution in [2.24, 2.45) is 0 Å². The van der Waals surface area contributed by atoms with Crippen molar-refractivity contribution < 1.29 is 0 Å². The van der Waals surface area contributed by atoms with E-state index in [-0.39, 0.29) is 0 Å². The predicted octanol–water partition coefficient (Wildman–Crippen LogP) is 3.96. The van der Waals surface area contributed by atoms with E-state index in [1.165, 1.54) is 11.8 Å². The number of hydrogen-bond acceptors (Lipinski definition) is 2. The van der Waals surface area contributed by atoms with Crippen molar-refractivity contribution in [1.29, 1.82) is 0 Å². The van der Waals surface area contributed by atoms with E-state index in [2.05, 4.69) is 11.9 Å². The molecule has 0 aromatic heterocycles. The van der Waals surface area contributed by atoms with Gasteiger partial charge in [-0.15, -0.1) is 6.58 Å². The highest BCUT2D eigenvalue weighted by atomic mass is 35.5. The topological polar surface area (TPSA) is 12.0 Å². The lowest BCUT2D eigenvalue weighted by molar-refractivity contribution is 1.66. The maximum absolute atomic E-state index is 5.95. The van der Waals surface area contributed by atoms with Crippen molar-refractivity contribution >= 4 is 45.6 Å². The summed E-state index contributed by atoms with van der Waals surface area (Å²) in [5.74, 6) is 0.802. The zero-order valence-corrected chi connectivity index (χ0v) is 9.88. The number of hydrogen-bond donors (Lipinski definition) is 1. The molecule has 74 valence electrons. The summed E-state index contributed by atoms with van der Waals surface area (Å²) in [7, 11) is 0. The minimum absolute atomic E-state index is 0.675. The van der Waals surface area contributed by atoms with E-state index in [1.54, 1.807) is 0 Å². The quantitative estimate of drug-likeness (QED) is 0.638. The van der Waals surface area contributed by atoms with E-state index in [4.69, 9.17) is 23.8 Å². The molecule has 0 amide bonds. The number of thioether (sulfide) groups is 1. The van der Waals surface area contributed by atoms with Crippen LogP contribution >= 0.6 is 35.6 Å². The average molecular weight is 244 g/mol. The number of nitrogens with one attached hydrogen (secondary N) is 1. The molecule has 0 spiro atoms. The first-order chi connectivity index (χ1) is 6.74. The summed E-state index contributed by atoms with van der Waals surface area (Å²) in [5, 5.41) is 3.73. The maximum atomic E-state index is 5.95. The smallest absolute Gasteiger partial charge is 0.138 e. The van der Waals surface area contributed by atoms with Crippen molar-refractivity contribution in [3.05, 3.63) is 41.9 Å². The zero-order valence-electron chi connectivity index (χ0n) is 7.50. The molecular formula is C10H10ClNS2.